The molecule has 2 aromatic heterocycles. The zero-order valence-corrected chi connectivity index (χ0v) is 55.3. The van der Waals surface area contributed by atoms with Crippen molar-refractivity contribution in [3.8, 4) is 21.6 Å². The standard InChI is InChI=1S/C69H92F3N11O8S/c1-45(2)67(90)91-53-39-58(65(88)76-46(3)49-21-23-50(24-22-49)62-47(4)75-44-92-62)83(43-53)66(89)63(68(5,6)7)78-60(85)20-15-13-11-9-10-12-14-19-59(84)73-27-28-80-31-33-81(34-32-80)42-48-17-16-18-51(37-48)52-25-26-57(82-35-29-79(8)30-36-82)56(38-52)77-64(87)54-41-74-61(86)40-55(54)69(70,71)72/h16-18,21-26,37-38,40-41,44-46,53,58,63H,9-15,19-20,27-36,39,42-43H2,1-8H3,(H,73,84)(H,74,86)(H,76,88)(H,77,87)(H,78,85)/t46-,53?,58?,63?/m0/s1. The number of pyridine rings is 1. The molecule has 0 radical (unpaired) electrons. The Balaban J connectivity index is 0.712. The Hall–Kier alpha value is -7.47. The lowest BCUT2D eigenvalue weighted by molar-refractivity contribution is -0.153. The smallest absolute Gasteiger partial charge is 0.417 e. The van der Waals surface area contributed by atoms with Gasteiger partial charge in [0, 0.05) is 104 Å². The van der Waals surface area contributed by atoms with Crippen LogP contribution in [0.25, 0.3) is 21.6 Å². The van der Waals surface area contributed by atoms with Gasteiger partial charge in [0.25, 0.3) is 5.91 Å². The fourth-order valence-corrected chi connectivity index (χ4v) is 12.8. The Labute approximate surface area is 542 Å². The maximum Gasteiger partial charge on any atom is 0.417 e. The molecule has 3 aliphatic rings. The van der Waals surface area contributed by atoms with E-state index in [0.29, 0.717) is 56.5 Å². The molecule has 0 spiro atoms. The fourth-order valence-electron chi connectivity index (χ4n) is 12.0. The third-order valence-corrected chi connectivity index (χ3v) is 18.5. The summed E-state index contributed by atoms with van der Waals surface area (Å²) in [6.45, 7) is 21.3. The number of halogens is 3. The molecule has 3 fully saturated rings. The zero-order chi connectivity index (χ0) is 66.3. The SMILES string of the molecule is Cc1ncsc1-c1ccc([C@H](C)NC(=O)C2CC(OC(=O)C(C)C)CN2C(=O)C(NC(=O)CCCCCCCCCC(=O)NCCN2CCN(Cc3cccc(-c4ccc(N5CCN(C)CC5)c(NC(=O)c5c[nH]c(=O)cc5C(F)(F)F)c4)c3)CC2)C(C)(C)C)cc1. The van der Waals surface area contributed by atoms with Gasteiger partial charge in [-0.15, -0.1) is 11.3 Å². The van der Waals surface area contributed by atoms with Gasteiger partial charge in [-0.2, -0.15) is 13.2 Å². The maximum absolute atomic E-state index is 14.5. The molecular formula is C69H92F3N11O8S. The predicted molar refractivity (Wildman–Crippen MR) is 353 cm³/mol. The van der Waals surface area contributed by atoms with Crippen molar-refractivity contribution >= 4 is 58.2 Å². The highest BCUT2D eigenvalue weighted by molar-refractivity contribution is 7.13. The van der Waals surface area contributed by atoms with Crippen molar-refractivity contribution in [2.45, 2.75) is 150 Å². The zero-order valence-electron chi connectivity index (χ0n) is 54.5. The minimum Gasteiger partial charge on any atom is -0.460 e. The van der Waals surface area contributed by atoms with Crippen molar-refractivity contribution < 1.29 is 46.7 Å². The molecule has 4 atom stereocenters. The highest BCUT2D eigenvalue weighted by Crippen LogP contribution is 2.36. The van der Waals surface area contributed by atoms with E-state index < -0.39 is 64.2 Å². The molecule has 3 aliphatic heterocycles. The Kier molecular flexibility index (Phi) is 24.8. The van der Waals surface area contributed by atoms with E-state index in [9.17, 15) is 46.7 Å². The number of amides is 5. The molecule has 8 rings (SSSR count). The Morgan fingerprint density at radius 3 is 2.04 bits per heavy atom. The first-order valence-electron chi connectivity index (χ1n) is 32.4. The summed E-state index contributed by atoms with van der Waals surface area (Å²) in [6, 6.07) is 19.9. The Bertz CT molecular complexity index is 3390. The number of hydrogen-bond donors (Lipinski definition) is 5. The largest absolute Gasteiger partial charge is 0.460 e. The quantitative estimate of drug-likeness (QED) is 0.0244. The van der Waals surface area contributed by atoms with Crippen LogP contribution < -0.4 is 31.7 Å². The van der Waals surface area contributed by atoms with Crippen molar-refractivity contribution in [1.29, 1.82) is 0 Å². The lowest BCUT2D eigenvalue weighted by Crippen LogP contribution is -2.57. The maximum atomic E-state index is 14.5. The first kappa shape index (κ1) is 70.4. The average molecular weight is 1290 g/mol. The Morgan fingerprint density at radius 1 is 0.761 bits per heavy atom. The number of H-pyrrole nitrogens is 1. The van der Waals surface area contributed by atoms with Gasteiger partial charge in [-0.05, 0) is 85.2 Å². The molecule has 3 unspecified atom stereocenters. The van der Waals surface area contributed by atoms with Crippen LogP contribution in [0.1, 0.15) is 145 Å². The molecule has 5 N–H and O–H groups in total. The van der Waals surface area contributed by atoms with Crippen molar-refractivity contribution in [3.05, 3.63) is 123 Å². The Morgan fingerprint density at radius 2 is 1.40 bits per heavy atom. The summed E-state index contributed by atoms with van der Waals surface area (Å²) in [5, 5.41) is 11.9. The number of unbranched alkanes of at least 4 members (excludes halogenated alkanes) is 6. The highest BCUT2D eigenvalue weighted by atomic mass is 32.1. The minimum absolute atomic E-state index is 0.0329. The number of likely N-dealkylation sites (N-methyl/N-ethyl adjacent to an activating group) is 1. The highest BCUT2D eigenvalue weighted by Gasteiger charge is 2.46. The van der Waals surface area contributed by atoms with Gasteiger partial charge in [-0.1, -0.05) is 115 Å². The van der Waals surface area contributed by atoms with Crippen LogP contribution in [-0.2, 0) is 41.4 Å². The number of rotatable bonds is 27. The lowest BCUT2D eigenvalue weighted by Gasteiger charge is -2.35. The topological polar surface area (TPSA) is 222 Å². The molecule has 5 heterocycles. The molecule has 498 valence electrons. The number of anilines is 2. The van der Waals surface area contributed by atoms with E-state index in [1.54, 1.807) is 31.3 Å². The summed E-state index contributed by atoms with van der Waals surface area (Å²) in [5.41, 5.74) is 4.90. The molecule has 5 aromatic rings. The van der Waals surface area contributed by atoms with Crippen LogP contribution in [0.2, 0.25) is 0 Å². The molecule has 0 bridgehead atoms. The summed E-state index contributed by atoms with van der Waals surface area (Å²) in [6.07, 6.45) is 2.18. The predicted octanol–water partition coefficient (Wildman–Crippen LogP) is 9.82. The van der Waals surface area contributed by atoms with Gasteiger partial charge < -0.3 is 45.7 Å². The van der Waals surface area contributed by atoms with Gasteiger partial charge in [0.2, 0.25) is 29.2 Å². The minimum atomic E-state index is -4.91. The number of carbonyl (C=O) groups is 6. The van der Waals surface area contributed by atoms with Crippen LogP contribution in [0.4, 0.5) is 24.5 Å². The van der Waals surface area contributed by atoms with Crippen molar-refractivity contribution in [1.82, 2.24) is 45.5 Å². The lowest BCUT2D eigenvalue weighted by atomic mass is 9.85. The molecule has 0 saturated carbocycles. The van der Waals surface area contributed by atoms with Crippen molar-refractivity contribution in [2.75, 3.05) is 89.3 Å². The number of hydrogen-bond acceptors (Lipinski definition) is 14. The van der Waals surface area contributed by atoms with E-state index in [4.69, 9.17) is 4.74 Å². The fraction of sp³-hybridized carbons (Fsp3) is 0.536. The average Bonchev–Trinajstić information content (AvgIpc) is 1.35. The van der Waals surface area contributed by atoms with Crippen LogP contribution in [0, 0.1) is 18.3 Å². The van der Waals surface area contributed by atoms with Crippen LogP contribution in [-0.4, -0.2) is 162 Å². The number of nitrogens with one attached hydrogen (secondary N) is 5. The molecule has 5 amide bonds. The van der Waals surface area contributed by atoms with E-state index in [1.165, 1.54) is 4.90 Å². The number of thiazole rings is 1. The molecule has 3 saturated heterocycles. The van der Waals surface area contributed by atoms with E-state index >= 15 is 0 Å². The number of carbonyl (C=O) groups excluding carboxylic acids is 6. The van der Waals surface area contributed by atoms with Gasteiger partial charge in [0.05, 0.1) is 57.1 Å². The number of nitrogens with zero attached hydrogens (tertiary/aromatic N) is 6. The summed E-state index contributed by atoms with van der Waals surface area (Å²) < 4.78 is 47.7. The monoisotopic (exact) mass is 1290 g/mol. The molecule has 92 heavy (non-hydrogen) atoms. The number of benzene rings is 3. The number of likely N-dealkylation sites (tertiary alicyclic amines) is 1. The molecule has 0 aliphatic carbocycles. The van der Waals surface area contributed by atoms with Crippen LogP contribution in [0.3, 0.4) is 0 Å². The van der Waals surface area contributed by atoms with Gasteiger partial charge >= 0.3 is 12.1 Å². The summed E-state index contributed by atoms with van der Waals surface area (Å²) in [4.78, 5) is 111. The molecule has 19 nitrogen and oxygen atoms in total. The van der Waals surface area contributed by atoms with E-state index in [-0.39, 0.29) is 49.1 Å². The van der Waals surface area contributed by atoms with Crippen molar-refractivity contribution in [3.63, 3.8) is 0 Å². The second-order valence-corrected chi connectivity index (χ2v) is 27.0. The molecule has 23 heteroatoms. The third kappa shape index (κ3) is 19.8. The van der Waals surface area contributed by atoms with E-state index in [1.807, 2.05) is 95.7 Å². The number of aromatic amines is 1. The summed E-state index contributed by atoms with van der Waals surface area (Å²) in [7, 11) is 2.02. The number of alkyl halides is 3. The number of esters is 1. The van der Waals surface area contributed by atoms with Crippen molar-refractivity contribution in [2.24, 2.45) is 11.3 Å². The number of aryl methyl sites for hydroxylation is 1. The normalized spacial score (nSPS) is 17.5. The van der Waals surface area contributed by atoms with E-state index in [0.717, 1.165) is 129 Å². The van der Waals surface area contributed by atoms with Gasteiger partial charge in [-0.3, -0.25) is 43.4 Å². The number of piperazine rings is 2. The number of ether oxygens (including phenoxy) is 1. The summed E-state index contributed by atoms with van der Waals surface area (Å²) >= 11 is 1.57. The van der Waals surface area contributed by atoms with Gasteiger partial charge in [0.1, 0.15) is 18.2 Å². The van der Waals surface area contributed by atoms with Crippen LogP contribution in [0.15, 0.2) is 89.3 Å². The first-order valence-corrected chi connectivity index (χ1v) is 33.3. The molecular weight excluding hydrogens is 1200 g/mol. The van der Waals surface area contributed by atoms with Gasteiger partial charge in [0.15, 0.2) is 0 Å². The van der Waals surface area contributed by atoms with Gasteiger partial charge in [-0.25, -0.2) is 4.98 Å². The first-order chi connectivity index (χ1) is 43.8. The second kappa shape index (κ2) is 32.4. The number of aromatic nitrogens is 2. The van der Waals surface area contributed by atoms with E-state index in [2.05, 4.69) is 63.0 Å². The van der Waals surface area contributed by atoms with Crippen LogP contribution in [0.5, 0.6) is 0 Å². The third-order valence-electron chi connectivity index (χ3n) is 17.6. The summed E-state index contributed by atoms with van der Waals surface area (Å²) in [5.74, 6) is -2.73. The second-order valence-electron chi connectivity index (χ2n) is 26.2. The van der Waals surface area contributed by atoms with Crippen LogP contribution >= 0.6 is 11.3 Å². The molecule has 3 aromatic carbocycles.